The second-order valence-electron chi connectivity index (χ2n) is 7.40. The van der Waals surface area contributed by atoms with E-state index in [0.29, 0.717) is 11.5 Å². The Kier molecular flexibility index (Phi) is 6.82. The molecule has 0 spiro atoms. The summed E-state index contributed by atoms with van der Waals surface area (Å²) in [5.74, 6) is 0.471. The van der Waals surface area contributed by atoms with E-state index in [4.69, 9.17) is 9.47 Å². The Bertz CT molecular complexity index is 1190. The number of hydrogen-bond acceptors (Lipinski definition) is 5. The molecule has 3 aromatic carbocycles. The van der Waals surface area contributed by atoms with Gasteiger partial charge < -0.3 is 14.8 Å². The van der Waals surface area contributed by atoms with Crippen LogP contribution in [0.2, 0.25) is 0 Å². The third-order valence-electron chi connectivity index (χ3n) is 4.53. The molecule has 1 amide bonds. The van der Waals surface area contributed by atoms with Gasteiger partial charge in [0.15, 0.2) is 6.10 Å². The Morgan fingerprint density at radius 2 is 1.65 bits per heavy atom. The molecule has 0 fully saturated rings. The van der Waals surface area contributed by atoms with Gasteiger partial charge in [0.25, 0.3) is 5.91 Å². The van der Waals surface area contributed by atoms with Crippen molar-refractivity contribution < 1.29 is 22.7 Å². The molecule has 0 saturated heterocycles. The van der Waals surface area contributed by atoms with Crippen molar-refractivity contribution in [2.24, 2.45) is 0 Å². The zero-order valence-corrected chi connectivity index (χ0v) is 18.7. The summed E-state index contributed by atoms with van der Waals surface area (Å²) in [5, 5.41) is 4.78. The summed E-state index contributed by atoms with van der Waals surface area (Å²) in [6, 6.07) is 17.5. The first-order valence-electron chi connectivity index (χ1n) is 9.86. The van der Waals surface area contributed by atoms with E-state index in [2.05, 4.69) is 10.0 Å². The van der Waals surface area contributed by atoms with E-state index in [9.17, 15) is 13.2 Å². The summed E-state index contributed by atoms with van der Waals surface area (Å²) in [4.78, 5) is 12.8. The van der Waals surface area contributed by atoms with Crippen LogP contribution in [-0.4, -0.2) is 33.6 Å². The van der Waals surface area contributed by atoms with E-state index in [1.807, 2.05) is 36.4 Å². The van der Waals surface area contributed by atoms with Crippen molar-refractivity contribution in [1.29, 1.82) is 0 Å². The van der Waals surface area contributed by atoms with Crippen LogP contribution in [0.3, 0.4) is 0 Å². The van der Waals surface area contributed by atoms with Crippen molar-refractivity contribution in [2.45, 2.75) is 37.8 Å². The number of carbonyl (C=O) groups excluding carboxylic acids is 1. The first-order chi connectivity index (χ1) is 14.7. The lowest BCUT2D eigenvalue weighted by Crippen LogP contribution is -2.31. The van der Waals surface area contributed by atoms with Gasteiger partial charge >= 0.3 is 0 Å². The molecule has 0 bridgehead atoms. The zero-order chi connectivity index (χ0) is 22.6. The van der Waals surface area contributed by atoms with Crippen LogP contribution >= 0.6 is 0 Å². The number of nitrogens with one attached hydrogen (secondary N) is 2. The molecule has 3 rings (SSSR count). The molecule has 0 heterocycles. The zero-order valence-electron chi connectivity index (χ0n) is 17.9. The molecular weight excluding hydrogens is 416 g/mol. The van der Waals surface area contributed by atoms with Gasteiger partial charge in [0, 0.05) is 6.04 Å². The molecule has 8 heteroatoms. The topological polar surface area (TPSA) is 93.7 Å². The molecule has 1 atom stereocenters. The lowest BCUT2D eigenvalue weighted by Gasteiger charge is -2.17. The molecule has 0 radical (unpaired) electrons. The number of anilines is 1. The van der Waals surface area contributed by atoms with E-state index < -0.39 is 22.0 Å². The van der Waals surface area contributed by atoms with Gasteiger partial charge in [-0.25, -0.2) is 13.1 Å². The normalized spacial score (nSPS) is 12.5. The van der Waals surface area contributed by atoms with Crippen molar-refractivity contribution in [1.82, 2.24) is 4.72 Å². The molecule has 0 saturated carbocycles. The maximum atomic E-state index is 12.7. The van der Waals surface area contributed by atoms with Crippen LogP contribution in [0.5, 0.6) is 11.5 Å². The number of ether oxygens (including phenoxy) is 2. The molecule has 3 aromatic rings. The monoisotopic (exact) mass is 442 g/mol. The van der Waals surface area contributed by atoms with Gasteiger partial charge in [-0.05, 0) is 61.9 Å². The average molecular weight is 443 g/mol. The fourth-order valence-corrected chi connectivity index (χ4v) is 4.34. The van der Waals surface area contributed by atoms with Gasteiger partial charge in [0.05, 0.1) is 17.7 Å². The van der Waals surface area contributed by atoms with Crippen LogP contribution < -0.4 is 19.5 Å². The van der Waals surface area contributed by atoms with Crippen LogP contribution in [0, 0.1) is 0 Å². The highest BCUT2D eigenvalue weighted by Crippen LogP contribution is 2.28. The minimum Gasteiger partial charge on any atom is -0.495 e. The third-order valence-corrected chi connectivity index (χ3v) is 6.19. The number of methoxy groups -OCH3 is 1. The van der Waals surface area contributed by atoms with Crippen LogP contribution in [0.25, 0.3) is 10.8 Å². The minimum atomic E-state index is -3.72. The van der Waals surface area contributed by atoms with E-state index in [1.165, 1.54) is 25.3 Å². The molecule has 0 unspecified atom stereocenters. The number of benzene rings is 3. The predicted octanol–water partition coefficient (Wildman–Crippen LogP) is 3.94. The molecule has 0 aliphatic carbocycles. The van der Waals surface area contributed by atoms with E-state index >= 15 is 0 Å². The lowest BCUT2D eigenvalue weighted by molar-refractivity contribution is -0.122. The van der Waals surface area contributed by atoms with E-state index in [0.717, 1.165) is 10.8 Å². The minimum absolute atomic E-state index is 0.0281. The van der Waals surface area contributed by atoms with Crippen molar-refractivity contribution >= 4 is 32.4 Å². The summed E-state index contributed by atoms with van der Waals surface area (Å²) in [6.45, 7) is 5.09. The van der Waals surface area contributed by atoms with Crippen LogP contribution in [0.4, 0.5) is 5.69 Å². The van der Waals surface area contributed by atoms with E-state index in [1.54, 1.807) is 26.8 Å². The highest BCUT2D eigenvalue weighted by atomic mass is 32.2. The fraction of sp³-hybridized carbons (Fsp3) is 0.261. The Hall–Kier alpha value is -3.10. The largest absolute Gasteiger partial charge is 0.495 e. The van der Waals surface area contributed by atoms with Gasteiger partial charge in [-0.1, -0.05) is 30.3 Å². The summed E-state index contributed by atoms with van der Waals surface area (Å²) in [5.41, 5.74) is 0.244. The maximum Gasteiger partial charge on any atom is 0.265 e. The highest BCUT2D eigenvalue weighted by Gasteiger charge is 2.21. The fourth-order valence-electron chi connectivity index (χ4n) is 3.06. The smallest absolute Gasteiger partial charge is 0.265 e. The molecule has 7 nitrogen and oxygen atoms in total. The second kappa shape index (κ2) is 9.36. The number of sulfonamides is 1. The number of carbonyl (C=O) groups is 1. The maximum absolute atomic E-state index is 12.7. The Morgan fingerprint density at radius 3 is 2.32 bits per heavy atom. The number of amides is 1. The van der Waals surface area contributed by atoms with Crippen molar-refractivity contribution in [2.75, 3.05) is 12.4 Å². The predicted molar refractivity (Wildman–Crippen MR) is 121 cm³/mol. The van der Waals surface area contributed by atoms with Gasteiger partial charge in [-0.3, -0.25) is 4.79 Å². The van der Waals surface area contributed by atoms with Gasteiger partial charge in [0.2, 0.25) is 10.0 Å². The molecule has 164 valence electrons. The molecule has 0 aliphatic heterocycles. The Morgan fingerprint density at radius 1 is 0.935 bits per heavy atom. The van der Waals surface area contributed by atoms with Crippen LogP contribution in [0.1, 0.15) is 20.8 Å². The summed E-state index contributed by atoms with van der Waals surface area (Å²) < 4.78 is 38.5. The van der Waals surface area contributed by atoms with Crippen LogP contribution in [-0.2, 0) is 14.8 Å². The molecule has 31 heavy (non-hydrogen) atoms. The number of rotatable bonds is 8. The number of hydrogen-bond donors (Lipinski definition) is 2. The molecular formula is C23H26N2O5S. The first-order valence-corrected chi connectivity index (χ1v) is 11.3. The first kappa shape index (κ1) is 22.6. The summed E-state index contributed by atoms with van der Waals surface area (Å²) in [6.07, 6.45) is -0.820. The van der Waals surface area contributed by atoms with Gasteiger partial charge in [-0.15, -0.1) is 0 Å². The average Bonchev–Trinajstić information content (AvgIpc) is 2.72. The SMILES string of the molecule is COc1ccc(S(=O)(=O)NC(C)C)cc1NC(=O)[C@H](C)Oc1ccc2ccccc2c1. The summed E-state index contributed by atoms with van der Waals surface area (Å²) in [7, 11) is -2.28. The molecule has 2 N–H and O–H groups in total. The quantitative estimate of drug-likeness (QED) is 0.551. The number of fused-ring (bicyclic) bond motifs is 1. The highest BCUT2D eigenvalue weighted by molar-refractivity contribution is 7.89. The molecule has 0 aliphatic rings. The van der Waals surface area contributed by atoms with E-state index in [-0.39, 0.29) is 16.6 Å². The Balaban J connectivity index is 1.78. The second-order valence-corrected chi connectivity index (χ2v) is 9.11. The van der Waals surface area contributed by atoms with Crippen LogP contribution in [0.15, 0.2) is 65.6 Å². The van der Waals surface area contributed by atoms with Crippen molar-refractivity contribution in [3.8, 4) is 11.5 Å². The standard InChI is InChI=1S/C23H26N2O5S/c1-15(2)25-31(27,28)20-11-12-22(29-4)21(14-20)24-23(26)16(3)30-19-10-9-17-7-5-6-8-18(17)13-19/h5-16,25H,1-4H3,(H,24,26)/t16-/m0/s1. The van der Waals surface area contributed by atoms with Gasteiger partial charge in [-0.2, -0.15) is 0 Å². The molecule has 0 aromatic heterocycles. The van der Waals surface area contributed by atoms with Crippen molar-refractivity contribution in [3.63, 3.8) is 0 Å². The van der Waals surface area contributed by atoms with Gasteiger partial charge in [0.1, 0.15) is 11.5 Å². The Labute approximate surface area is 182 Å². The van der Waals surface area contributed by atoms with Crippen molar-refractivity contribution in [3.05, 3.63) is 60.7 Å². The lowest BCUT2D eigenvalue weighted by atomic mass is 10.1. The summed E-state index contributed by atoms with van der Waals surface area (Å²) >= 11 is 0. The third kappa shape index (κ3) is 5.53.